The molecular weight excluding hydrogens is 222 g/mol. The lowest BCUT2D eigenvalue weighted by molar-refractivity contribution is 0.577. The lowest BCUT2D eigenvalue weighted by Crippen LogP contribution is -2.15. The number of aryl methyl sites for hydroxylation is 1. The van der Waals surface area contributed by atoms with Gasteiger partial charge in [-0.05, 0) is 45.0 Å². The molecule has 1 aromatic heterocycles. The van der Waals surface area contributed by atoms with E-state index in [-0.39, 0.29) is 0 Å². The van der Waals surface area contributed by atoms with Crippen LogP contribution in [0.5, 0.6) is 0 Å². The maximum atomic E-state index is 4.80. The Labute approximate surface area is 109 Å². The zero-order valence-corrected chi connectivity index (χ0v) is 11.8. The van der Waals surface area contributed by atoms with Gasteiger partial charge in [0.25, 0.3) is 0 Å². The molecule has 3 nitrogen and oxygen atoms in total. The first-order valence-electron chi connectivity index (χ1n) is 6.81. The minimum atomic E-state index is 0.453. The highest BCUT2D eigenvalue weighted by Crippen LogP contribution is 2.22. The van der Waals surface area contributed by atoms with Crippen LogP contribution in [0.2, 0.25) is 0 Å². The number of nitrogens with zero attached hydrogens (tertiary/aromatic N) is 2. The van der Waals surface area contributed by atoms with Crippen LogP contribution in [0, 0.1) is 0 Å². The first-order chi connectivity index (χ1) is 8.67. The van der Waals surface area contributed by atoms with Crippen LogP contribution in [0.15, 0.2) is 18.2 Å². The van der Waals surface area contributed by atoms with Gasteiger partial charge in [-0.1, -0.05) is 13.0 Å². The molecule has 0 amide bonds. The molecular formula is C15H23N3. The monoisotopic (exact) mass is 245 g/mol. The number of rotatable bonds is 5. The van der Waals surface area contributed by atoms with Gasteiger partial charge in [-0.15, -0.1) is 0 Å². The third-order valence-electron chi connectivity index (χ3n) is 3.35. The predicted molar refractivity (Wildman–Crippen MR) is 77.1 cm³/mol. The van der Waals surface area contributed by atoms with Gasteiger partial charge < -0.3 is 9.88 Å². The maximum absolute atomic E-state index is 4.80. The van der Waals surface area contributed by atoms with Crippen molar-refractivity contribution in [1.82, 2.24) is 14.9 Å². The third kappa shape index (κ3) is 2.41. The van der Waals surface area contributed by atoms with Gasteiger partial charge in [0.05, 0.1) is 11.0 Å². The second-order valence-electron chi connectivity index (χ2n) is 5.02. The number of likely N-dealkylation sites (N-methyl/N-ethyl adjacent to an activating group) is 1. The van der Waals surface area contributed by atoms with Crippen molar-refractivity contribution < 1.29 is 0 Å². The van der Waals surface area contributed by atoms with E-state index in [2.05, 4.69) is 48.9 Å². The Morgan fingerprint density at radius 2 is 2.11 bits per heavy atom. The first-order valence-corrected chi connectivity index (χ1v) is 6.81. The zero-order valence-electron chi connectivity index (χ0n) is 11.8. The van der Waals surface area contributed by atoms with E-state index in [1.54, 1.807) is 0 Å². The summed E-state index contributed by atoms with van der Waals surface area (Å²) in [6, 6.07) is 7.10. The van der Waals surface area contributed by atoms with E-state index in [0.29, 0.717) is 6.04 Å². The fourth-order valence-electron chi connectivity index (χ4n) is 2.40. The number of hydrogen-bond acceptors (Lipinski definition) is 2. The molecule has 3 heteroatoms. The van der Waals surface area contributed by atoms with Crippen molar-refractivity contribution in [2.45, 2.75) is 39.7 Å². The van der Waals surface area contributed by atoms with Gasteiger partial charge in [0.15, 0.2) is 0 Å². The molecule has 0 aliphatic rings. The van der Waals surface area contributed by atoms with Crippen LogP contribution in [0.4, 0.5) is 0 Å². The van der Waals surface area contributed by atoms with Gasteiger partial charge in [-0.25, -0.2) is 4.98 Å². The molecule has 2 rings (SSSR count). The molecule has 18 heavy (non-hydrogen) atoms. The molecule has 98 valence electrons. The van der Waals surface area contributed by atoms with Crippen LogP contribution < -0.4 is 5.32 Å². The van der Waals surface area contributed by atoms with Crippen molar-refractivity contribution in [2.24, 2.45) is 0 Å². The molecule has 0 aliphatic carbocycles. The smallest absolute Gasteiger partial charge is 0.111 e. The van der Waals surface area contributed by atoms with Crippen LogP contribution >= 0.6 is 0 Å². The van der Waals surface area contributed by atoms with Gasteiger partial charge in [-0.3, -0.25) is 0 Å². The van der Waals surface area contributed by atoms with Crippen LogP contribution in [-0.4, -0.2) is 23.1 Å². The minimum absolute atomic E-state index is 0.453. The molecule has 0 bridgehead atoms. The molecule has 1 N–H and O–H groups in total. The highest BCUT2D eigenvalue weighted by molar-refractivity contribution is 5.77. The number of benzene rings is 1. The Bertz CT molecular complexity index is 526. The number of aromatic nitrogens is 2. The average Bonchev–Trinajstić information content (AvgIpc) is 2.73. The molecule has 2 aromatic rings. The zero-order chi connectivity index (χ0) is 13.1. The Kier molecular flexibility index (Phi) is 4.02. The fourth-order valence-corrected chi connectivity index (χ4v) is 2.40. The molecule has 0 saturated carbocycles. The van der Waals surface area contributed by atoms with Crippen molar-refractivity contribution >= 4 is 11.0 Å². The molecule has 0 unspecified atom stereocenters. The minimum Gasteiger partial charge on any atom is -0.325 e. The van der Waals surface area contributed by atoms with Gasteiger partial charge in [0.1, 0.15) is 5.82 Å². The average molecular weight is 245 g/mol. The summed E-state index contributed by atoms with van der Waals surface area (Å²) in [5.41, 5.74) is 3.75. The summed E-state index contributed by atoms with van der Waals surface area (Å²) in [5.74, 6) is 1.18. The standard InChI is InChI=1S/C15H23N3/c1-5-12-6-7-14-13(10-12)17-15(8-9-16-4)18(14)11(2)3/h6-7,10-11,16H,5,8-9H2,1-4H3. The second kappa shape index (κ2) is 5.53. The molecule has 0 aliphatic heterocycles. The molecule has 1 heterocycles. The lowest BCUT2D eigenvalue weighted by atomic mass is 10.1. The Morgan fingerprint density at radius 3 is 2.72 bits per heavy atom. The summed E-state index contributed by atoms with van der Waals surface area (Å²) in [4.78, 5) is 4.80. The van der Waals surface area contributed by atoms with Crippen LogP contribution in [0.3, 0.4) is 0 Å². The van der Waals surface area contributed by atoms with Crippen molar-refractivity contribution in [1.29, 1.82) is 0 Å². The van der Waals surface area contributed by atoms with E-state index in [9.17, 15) is 0 Å². The molecule has 0 fully saturated rings. The summed E-state index contributed by atoms with van der Waals surface area (Å²) in [5, 5.41) is 3.20. The quantitative estimate of drug-likeness (QED) is 0.877. The van der Waals surface area contributed by atoms with E-state index in [1.807, 2.05) is 7.05 Å². The van der Waals surface area contributed by atoms with Crippen LogP contribution in [-0.2, 0) is 12.8 Å². The van der Waals surface area contributed by atoms with Gasteiger partial charge in [-0.2, -0.15) is 0 Å². The molecule has 1 aromatic carbocycles. The first kappa shape index (κ1) is 13.1. The van der Waals surface area contributed by atoms with Crippen molar-refractivity contribution in [3.63, 3.8) is 0 Å². The Morgan fingerprint density at radius 1 is 1.33 bits per heavy atom. The molecule has 0 saturated heterocycles. The molecule has 0 spiro atoms. The Hall–Kier alpha value is -1.35. The second-order valence-corrected chi connectivity index (χ2v) is 5.02. The number of nitrogens with one attached hydrogen (secondary N) is 1. The summed E-state index contributed by atoms with van der Waals surface area (Å²) in [6.07, 6.45) is 2.04. The summed E-state index contributed by atoms with van der Waals surface area (Å²) >= 11 is 0. The highest BCUT2D eigenvalue weighted by atomic mass is 15.1. The summed E-state index contributed by atoms with van der Waals surface area (Å²) < 4.78 is 2.35. The van der Waals surface area contributed by atoms with E-state index in [4.69, 9.17) is 4.98 Å². The molecule has 0 atom stereocenters. The highest BCUT2D eigenvalue weighted by Gasteiger charge is 2.12. The largest absolute Gasteiger partial charge is 0.325 e. The summed E-state index contributed by atoms with van der Waals surface area (Å²) in [7, 11) is 1.98. The van der Waals surface area contributed by atoms with Crippen molar-refractivity contribution in [2.75, 3.05) is 13.6 Å². The Balaban J connectivity index is 2.51. The number of hydrogen-bond donors (Lipinski definition) is 1. The normalized spacial score (nSPS) is 11.6. The fraction of sp³-hybridized carbons (Fsp3) is 0.533. The maximum Gasteiger partial charge on any atom is 0.111 e. The van der Waals surface area contributed by atoms with E-state index in [1.165, 1.54) is 16.9 Å². The van der Waals surface area contributed by atoms with Gasteiger partial charge in [0, 0.05) is 19.0 Å². The van der Waals surface area contributed by atoms with E-state index in [0.717, 1.165) is 24.9 Å². The van der Waals surface area contributed by atoms with Gasteiger partial charge in [0.2, 0.25) is 0 Å². The van der Waals surface area contributed by atoms with Gasteiger partial charge >= 0.3 is 0 Å². The predicted octanol–water partition coefficient (Wildman–Crippen LogP) is 2.94. The van der Waals surface area contributed by atoms with Crippen molar-refractivity contribution in [3.05, 3.63) is 29.6 Å². The SMILES string of the molecule is CCc1ccc2c(c1)nc(CCNC)n2C(C)C. The van der Waals surface area contributed by atoms with Crippen LogP contribution in [0.25, 0.3) is 11.0 Å². The topological polar surface area (TPSA) is 29.9 Å². The number of imidazole rings is 1. The van der Waals surface area contributed by atoms with E-state index >= 15 is 0 Å². The van der Waals surface area contributed by atoms with E-state index < -0.39 is 0 Å². The van der Waals surface area contributed by atoms with Crippen molar-refractivity contribution in [3.8, 4) is 0 Å². The number of fused-ring (bicyclic) bond motifs is 1. The molecule has 0 radical (unpaired) electrons. The third-order valence-corrected chi connectivity index (χ3v) is 3.35. The lowest BCUT2D eigenvalue weighted by Gasteiger charge is -2.13. The van der Waals surface area contributed by atoms with Crippen LogP contribution in [0.1, 0.15) is 38.2 Å². The summed E-state index contributed by atoms with van der Waals surface area (Å²) in [6.45, 7) is 7.59.